The molecule has 2 rings (SSSR count). The van der Waals surface area contributed by atoms with Crippen molar-refractivity contribution in [2.24, 2.45) is 10.8 Å². The summed E-state index contributed by atoms with van der Waals surface area (Å²) in [6.07, 6.45) is 0.701. The summed E-state index contributed by atoms with van der Waals surface area (Å²) in [6.45, 7) is 1.20. The number of aryl methyl sites for hydroxylation is 1. The van der Waals surface area contributed by atoms with Crippen LogP contribution in [0.25, 0.3) is 10.4 Å². The second kappa shape index (κ2) is 12.9. The summed E-state index contributed by atoms with van der Waals surface area (Å²) >= 11 is 0. The predicted octanol–water partition coefficient (Wildman–Crippen LogP) is 0.757. The number of ether oxygens (including phenoxy) is 1. The minimum absolute atomic E-state index is 0.112. The smallest absolute Gasteiger partial charge is 0.352 e. The van der Waals surface area contributed by atoms with Crippen LogP contribution in [0.4, 0.5) is 0 Å². The van der Waals surface area contributed by atoms with Crippen molar-refractivity contribution < 1.29 is 51.2 Å². The molecule has 5 atom stereocenters. The molecule has 0 saturated carbocycles. The highest BCUT2D eigenvalue weighted by molar-refractivity contribution is 7.66. The van der Waals surface area contributed by atoms with E-state index < -0.39 is 59.7 Å². The molecule has 22 heteroatoms. The van der Waals surface area contributed by atoms with Gasteiger partial charge in [-0.15, -0.1) is 0 Å². The number of unbranched alkanes of at least 4 members (excludes halogenated alkanes) is 2. The van der Waals surface area contributed by atoms with E-state index >= 15 is 0 Å². The van der Waals surface area contributed by atoms with Gasteiger partial charge in [0.1, 0.15) is 6.23 Å². The molecule has 37 heavy (non-hydrogen) atoms. The molecule has 0 amide bonds. The van der Waals surface area contributed by atoms with E-state index in [4.69, 9.17) is 25.8 Å². The maximum atomic E-state index is 13.0. The Balaban J connectivity index is 2.21. The molecule has 0 spiro atoms. The van der Waals surface area contributed by atoms with Crippen LogP contribution in [-0.2, 0) is 38.1 Å². The fourth-order valence-corrected chi connectivity index (χ4v) is 6.48. The zero-order valence-electron chi connectivity index (χ0n) is 19.4. The van der Waals surface area contributed by atoms with E-state index in [0.717, 1.165) is 9.13 Å². The highest BCUT2D eigenvalue weighted by Crippen LogP contribution is 2.66. The lowest BCUT2D eigenvalue weighted by Gasteiger charge is -2.20. The van der Waals surface area contributed by atoms with Gasteiger partial charge in [-0.3, -0.25) is 18.5 Å². The van der Waals surface area contributed by atoms with E-state index in [1.54, 1.807) is 0 Å². The Morgan fingerprint density at radius 2 is 1.84 bits per heavy atom. The summed E-state index contributed by atoms with van der Waals surface area (Å²) in [4.78, 5) is 64.2. The van der Waals surface area contributed by atoms with Gasteiger partial charge in [0.25, 0.3) is 5.56 Å². The molecule has 0 radical (unpaired) electrons. The zero-order valence-corrected chi connectivity index (χ0v) is 22.1. The highest BCUT2D eigenvalue weighted by atomic mass is 31.3. The number of aromatic nitrogens is 2. The lowest BCUT2D eigenvalue weighted by Crippen LogP contribution is -2.42. The Kier molecular flexibility index (Phi) is 11.0. The van der Waals surface area contributed by atoms with Crippen LogP contribution >= 0.6 is 23.5 Å². The number of hydrogen-bond acceptors (Lipinski definition) is 11. The third kappa shape index (κ3) is 9.53. The SMILES string of the molecule is Cc1cn([C@H]2C[C@H](N=[N+]=[N-])[C@@H](COP(=O)(O)OP(=O)(O)OP(=O)(O)O)O2)c(=O)n(CCCCCN)c1=O. The Bertz CT molecular complexity index is 1270. The lowest BCUT2D eigenvalue weighted by atomic mass is 10.1. The average Bonchev–Trinajstić information content (AvgIpc) is 3.14. The van der Waals surface area contributed by atoms with Gasteiger partial charge < -0.3 is 30.0 Å². The van der Waals surface area contributed by atoms with Crippen LogP contribution in [0.15, 0.2) is 20.9 Å². The molecule has 1 saturated heterocycles. The lowest BCUT2D eigenvalue weighted by molar-refractivity contribution is -0.0273. The van der Waals surface area contributed by atoms with Crippen LogP contribution in [0.5, 0.6) is 0 Å². The van der Waals surface area contributed by atoms with E-state index in [0.29, 0.717) is 25.8 Å². The number of phosphoric ester groups is 1. The molecule has 1 aromatic rings. The first-order valence-corrected chi connectivity index (χ1v) is 15.1. The summed E-state index contributed by atoms with van der Waals surface area (Å²) in [7, 11) is -16.8. The number of rotatable bonds is 14. The molecule has 1 aliphatic rings. The van der Waals surface area contributed by atoms with Gasteiger partial charge in [-0.25, -0.2) is 18.5 Å². The molecule has 0 bridgehead atoms. The first-order valence-electron chi connectivity index (χ1n) is 10.6. The molecular formula is C15H27N6O13P3. The van der Waals surface area contributed by atoms with E-state index in [1.165, 1.54) is 13.1 Å². The van der Waals surface area contributed by atoms with Gasteiger partial charge in [-0.1, -0.05) is 11.5 Å². The Hall–Kier alpha value is -1.68. The van der Waals surface area contributed by atoms with Crippen LogP contribution in [0, 0.1) is 6.92 Å². The number of hydrogen-bond donors (Lipinski definition) is 5. The van der Waals surface area contributed by atoms with Gasteiger partial charge in [-0.2, -0.15) is 8.62 Å². The van der Waals surface area contributed by atoms with Crippen LogP contribution in [-0.4, -0.2) is 54.0 Å². The second-order valence-electron chi connectivity index (χ2n) is 7.83. The Morgan fingerprint density at radius 3 is 2.43 bits per heavy atom. The number of phosphoric acid groups is 3. The zero-order chi connectivity index (χ0) is 28.0. The number of azide groups is 1. The van der Waals surface area contributed by atoms with Crippen molar-refractivity contribution in [2.75, 3.05) is 13.2 Å². The third-order valence-corrected chi connectivity index (χ3v) is 8.79. The van der Waals surface area contributed by atoms with Crippen LogP contribution in [0.1, 0.15) is 37.5 Å². The maximum absolute atomic E-state index is 13.0. The molecule has 19 nitrogen and oxygen atoms in total. The molecule has 0 aromatic carbocycles. The summed E-state index contributed by atoms with van der Waals surface area (Å²) in [5, 5.41) is 3.50. The quantitative estimate of drug-likeness (QED) is 0.0655. The van der Waals surface area contributed by atoms with E-state index in [-0.39, 0.29) is 18.5 Å². The van der Waals surface area contributed by atoms with Crippen molar-refractivity contribution >= 4 is 23.5 Å². The summed E-state index contributed by atoms with van der Waals surface area (Å²) < 4.78 is 53.8. The second-order valence-corrected chi connectivity index (χ2v) is 12.3. The van der Waals surface area contributed by atoms with Gasteiger partial charge in [0.05, 0.1) is 18.8 Å². The van der Waals surface area contributed by atoms with E-state index in [9.17, 15) is 33.1 Å². The van der Waals surface area contributed by atoms with Gasteiger partial charge in [0, 0.05) is 29.6 Å². The normalized spacial score (nSPS) is 23.2. The van der Waals surface area contributed by atoms with Crippen molar-refractivity contribution in [1.29, 1.82) is 0 Å². The summed E-state index contributed by atoms with van der Waals surface area (Å²) in [5.41, 5.74) is 13.3. The van der Waals surface area contributed by atoms with Crippen LogP contribution in [0.3, 0.4) is 0 Å². The van der Waals surface area contributed by atoms with Crippen molar-refractivity contribution in [3.8, 4) is 0 Å². The molecular weight excluding hydrogens is 565 g/mol. The molecule has 1 fully saturated rings. The fraction of sp³-hybridized carbons (Fsp3) is 0.733. The van der Waals surface area contributed by atoms with Crippen LogP contribution < -0.4 is 17.0 Å². The molecule has 2 unspecified atom stereocenters. The number of nitrogens with two attached hydrogens (primary N) is 1. The number of nitrogens with zero attached hydrogens (tertiary/aromatic N) is 5. The fourth-order valence-electron chi connectivity index (χ4n) is 3.45. The highest BCUT2D eigenvalue weighted by Gasteiger charge is 2.43. The summed E-state index contributed by atoms with van der Waals surface area (Å²) in [5.74, 6) is 0. The molecule has 210 valence electrons. The van der Waals surface area contributed by atoms with Crippen molar-refractivity contribution in [3.63, 3.8) is 0 Å². The standard InChI is InChI=1S/C15H27N6O13P3/c1-10-8-21(15(23)20(14(10)22)6-4-2-3-5-16)13-7-11(18-19-17)12(32-13)9-31-36(27,28)34-37(29,30)33-35(24,25)26/h8,11-13H,2-7,9,16H2,1H3,(H,27,28)(H,29,30)(H2,24,25,26)/t11-,12+,13+/m0/s1. The Labute approximate surface area is 208 Å². The third-order valence-electron chi connectivity index (χ3n) is 4.99. The summed E-state index contributed by atoms with van der Waals surface area (Å²) in [6, 6.07) is -1.06. The first kappa shape index (κ1) is 31.5. The van der Waals surface area contributed by atoms with E-state index in [2.05, 4.69) is 23.2 Å². The Morgan fingerprint density at radius 1 is 1.16 bits per heavy atom. The van der Waals surface area contributed by atoms with Gasteiger partial charge in [0.2, 0.25) is 0 Å². The van der Waals surface area contributed by atoms with E-state index in [1.807, 2.05) is 0 Å². The minimum Gasteiger partial charge on any atom is -0.352 e. The van der Waals surface area contributed by atoms with Crippen molar-refractivity contribution in [1.82, 2.24) is 9.13 Å². The monoisotopic (exact) mass is 592 g/mol. The molecule has 0 aliphatic carbocycles. The van der Waals surface area contributed by atoms with Gasteiger partial charge in [0.15, 0.2) is 0 Å². The van der Waals surface area contributed by atoms with Crippen molar-refractivity contribution in [2.45, 2.75) is 57.5 Å². The largest absolute Gasteiger partial charge is 0.490 e. The first-order chi connectivity index (χ1) is 17.1. The molecule has 1 aliphatic heterocycles. The van der Waals surface area contributed by atoms with Crippen molar-refractivity contribution in [3.05, 3.63) is 43.0 Å². The molecule has 6 N–H and O–H groups in total. The minimum atomic E-state index is -5.73. The van der Waals surface area contributed by atoms with Crippen LogP contribution in [0.2, 0.25) is 0 Å². The molecule has 2 heterocycles. The average molecular weight is 592 g/mol. The molecule has 1 aromatic heterocycles. The predicted molar refractivity (Wildman–Crippen MR) is 124 cm³/mol. The van der Waals surface area contributed by atoms with Gasteiger partial charge in [-0.05, 0) is 31.8 Å². The topological polar surface area (TPSA) is 288 Å². The maximum Gasteiger partial charge on any atom is 0.490 e. The van der Waals surface area contributed by atoms with Gasteiger partial charge >= 0.3 is 29.2 Å².